The molecule has 2 atom stereocenters. The molecule has 0 radical (unpaired) electrons. The zero-order chi connectivity index (χ0) is 16.4. The van der Waals surface area contributed by atoms with Gasteiger partial charge in [-0.15, -0.1) is 0 Å². The van der Waals surface area contributed by atoms with Gasteiger partial charge in [-0.2, -0.15) is 0 Å². The van der Waals surface area contributed by atoms with E-state index in [4.69, 9.17) is 5.11 Å². The number of carboxylic acid groups (broad SMARTS) is 1. The van der Waals surface area contributed by atoms with Gasteiger partial charge in [-0.1, -0.05) is 38.5 Å². The molecule has 0 spiro atoms. The Bertz CT molecular complexity index is 538. The van der Waals surface area contributed by atoms with Crippen molar-refractivity contribution in [2.24, 2.45) is 5.92 Å². The van der Waals surface area contributed by atoms with Gasteiger partial charge in [-0.25, -0.2) is 9.78 Å². The number of nitrogens with one attached hydrogen (secondary N) is 1. The number of amides is 1. The highest BCUT2D eigenvalue weighted by molar-refractivity contribution is 5.96. The molecule has 0 aliphatic heterocycles. The van der Waals surface area contributed by atoms with Crippen molar-refractivity contribution in [2.75, 3.05) is 0 Å². The average molecular weight is 304 g/mol. The van der Waals surface area contributed by atoms with Gasteiger partial charge in [0.05, 0.1) is 6.20 Å². The van der Waals surface area contributed by atoms with Gasteiger partial charge in [0.2, 0.25) is 0 Å². The monoisotopic (exact) mass is 304 g/mol. The molecule has 6 heteroatoms. The molecule has 118 valence electrons. The van der Waals surface area contributed by atoms with E-state index in [0.29, 0.717) is 12.0 Å². The number of hydrogen-bond acceptors (Lipinski definition) is 4. The van der Waals surface area contributed by atoms with E-state index in [-0.39, 0.29) is 11.8 Å². The first-order valence-corrected chi connectivity index (χ1v) is 6.97. The molecule has 0 unspecified atom stereocenters. The summed E-state index contributed by atoms with van der Waals surface area (Å²) in [6, 6.07) is 7.77. The predicted octanol–water partition coefficient (Wildman–Crippen LogP) is 2.59. The number of carboxylic acids is 1. The Morgan fingerprint density at radius 3 is 2.41 bits per heavy atom. The van der Waals surface area contributed by atoms with Gasteiger partial charge in [0.25, 0.3) is 5.91 Å². The third-order valence-corrected chi connectivity index (χ3v) is 3.15. The van der Waals surface area contributed by atoms with Gasteiger partial charge in [0.1, 0.15) is 12.3 Å². The highest BCUT2D eigenvalue weighted by Gasteiger charge is 2.25. The van der Waals surface area contributed by atoms with Gasteiger partial charge < -0.3 is 14.8 Å². The van der Waals surface area contributed by atoms with Crippen molar-refractivity contribution in [1.82, 2.24) is 10.3 Å². The van der Waals surface area contributed by atoms with Gasteiger partial charge in [0.15, 0.2) is 6.39 Å². The molecule has 1 aromatic heterocycles. The van der Waals surface area contributed by atoms with Crippen molar-refractivity contribution in [2.45, 2.75) is 26.3 Å². The maximum atomic E-state index is 11.8. The Morgan fingerprint density at radius 2 is 2.00 bits per heavy atom. The highest BCUT2D eigenvalue weighted by Crippen LogP contribution is 2.09. The number of oxazole rings is 1. The first-order chi connectivity index (χ1) is 10.6. The summed E-state index contributed by atoms with van der Waals surface area (Å²) in [6.45, 7) is 3.71. The van der Waals surface area contributed by atoms with E-state index in [0.717, 1.165) is 0 Å². The number of carbonyl (C=O) groups is 2. The molecule has 1 aromatic carbocycles. The maximum Gasteiger partial charge on any atom is 0.326 e. The fourth-order valence-electron chi connectivity index (χ4n) is 1.67. The van der Waals surface area contributed by atoms with Crippen molar-refractivity contribution < 1.29 is 19.1 Å². The molecule has 0 saturated carbocycles. The molecule has 0 fully saturated rings. The molecule has 0 aliphatic carbocycles. The SMILES string of the molecule is CC[C@H](C)[C@H](NC(=O)c1ccccc1)C(=O)O.c1cocn1. The Kier molecular flexibility index (Phi) is 7.39. The van der Waals surface area contributed by atoms with Crippen molar-refractivity contribution >= 4 is 11.9 Å². The summed E-state index contributed by atoms with van der Waals surface area (Å²) >= 11 is 0. The van der Waals surface area contributed by atoms with Crippen LogP contribution in [0.3, 0.4) is 0 Å². The lowest BCUT2D eigenvalue weighted by Gasteiger charge is -2.20. The van der Waals surface area contributed by atoms with Crippen LogP contribution in [0.25, 0.3) is 0 Å². The van der Waals surface area contributed by atoms with Crippen LogP contribution in [0.15, 0.2) is 53.6 Å². The lowest BCUT2D eigenvalue weighted by molar-refractivity contribution is -0.140. The number of rotatable bonds is 5. The third kappa shape index (κ3) is 5.78. The lowest BCUT2D eigenvalue weighted by atomic mass is 9.99. The van der Waals surface area contributed by atoms with Gasteiger partial charge in [0, 0.05) is 5.56 Å². The largest absolute Gasteiger partial charge is 0.480 e. The smallest absolute Gasteiger partial charge is 0.326 e. The molecular weight excluding hydrogens is 284 g/mol. The molecule has 0 bridgehead atoms. The number of aliphatic carboxylic acids is 1. The van der Waals surface area contributed by atoms with Crippen molar-refractivity contribution in [3.63, 3.8) is 0 Å². The fraction of sp³-hybridized carbons (Fsp3) is 0.312. The maximum absolute atomic E-state index is 11.8. The molecule has 22 heavy (non-hydrogen) atoms. The van der Waals surface area contributed by atoms with E-state index >= 15 is 0 Å². The van der Waals surface area contributed by atoms with Crippen LogP contribution in [0, 0.1) is 5.92 Å². The minimum absolute atomic E-state index is 0.0971. The van der Waals surface area contributed by atoms with Crippen LogP contribution in [0.5, 0.6) is 0 Å². The summed E-state index contributed by atoms with van der Waals surface area (Å²) in [4.78, 5) is 26.4. The summed E-state index contributed by atoms with van der Waals surface area (Å²) in [6.07, 6.45) is 5.17. The molecule has 0 saturated heterocycles. The van der Waals surface area contributed by atoms with Gasteiger partial charge in [-0.3, -0.25) is 4.79 Å². The molecule has 2 aromatic rings. The van der Waals surface area contributed by atoms with Crippen LogP contribution in [-0.4, -0.2) is 28.0 Å². The Labute approximate surface area is 129 Å². The number of nitrogens with zero attached hydrogens (tertiary/aromatic N) is 1. The van der Waals surface area contributed by atoms with Crippen LogP contribution in [0.4, 0.5) is 0 Å². The van der Waals surface area contributed by atoms with Crippen LogP contribution < -0.4 is 5.32 Å². The summed E-state index contributed by atoms with van der Waals surface area (Å²) in [5, 5.41) is 11.6. The van der Waals surface area contributed by atoms with Crippen LogP contribution in [0.2, 0.25) is 0 Å². The van der Waals surface area contributed by atoms with Crippen LogP contribution >= 0.6 is 0 Å². The molecule has 1 heterocycles. The van der Waals surface area contributed by atoms with E-state index in [1.807, 2.05) is 13.8 Å². The minimum Gasteiger partial charge on any atom is -0.480 e. The second-order valence-corrected chi connectivity index (χ2v) is 4.72. The van der Waals surface area contributed by atoms with Gasteiger partial charge in [-0.05, 0) is 18.1 Å². The summed E-state index contributed by atoms with van der Waals surface area (Å²) < 4.78 is 4.47. The van der Waals surface area contributed by atoms with Crippen LogP contribution in [0.1, 0.15) is 30.6 Å². The van der Waals surface area contributed by atoms with Crippen molar-refractivity contribution in [3.05, 3.63) is 54.7 Å². The molecule has 0 aliphatic rings. The lowest BCUT2D eigenvalue weighted by Crippen LogP contribution is -2.44. The second-order valence-electron chi connectivity index (χ2n) is 4.72. The Morgan fingerprint density at radius 1 is 1.32 bits per heavy atom. The molecule has 1 amide bonds. The summed E-state index contributed by atoms with van der Waals surface area (Å²) in [5.41, 5.74) is 0.474. The molecular formula is C16H20N2O4. The first kappa shape index (κ1) is 17.4. The van der Waals surface area contributed by atoms with E-state index in [1.54, 1.807) is 36.5 Å². The quantitative estimate of drug-likeness (QED) is 0.885. The number of benzene rings is 1. The Hall–Kier alpha value is -2.63. The summed E-state index contributed by atoms with van der Waals surface area (Å²) in [7, 11) is 0. The normalized spacial score (nSPS) is 12.5. The Balaban J connectivity index is 0.000000406. The van der Waals surface area contributed by atoms with E-state index in [9.17, 15) is 9.59 Å². The number of hydrogen-bond donors (Lipinski definition) is 2. The number of carbonyl (C=O) groups excluding carboxylic acids is 1. The van der Waals surface area contributed by atoms with E-state index in [1.165, 1.54) is 12.7 Å². The zero-order valence-electron chi connectivity index (χ0n) is 12.6. The standard InChI is InChI=1S/C13H17NO3.C3H3NO/c1-3-9(2)11(13(16)17)14-12(15)10-7-5-4-6-8-10;1-2-5-3-4-1/h4-9,11H,3H2,1-2H3,(H,14,15)(H,16,17);1-3H/t9-,11-;/m0./s1. The van der Waals surface area contributed by atoms with Crippen molar-refractivity contribution in [3.8, 4) is 0 Å². The highest BCUT2D eigenvalue weighted by atomic mass is 16.4. The number of aromatic nitrogens is 1. The second kappa shape index (κ2) is 9.33. The topological polar surface area (TPSA) is 92.4 Å². The average Bonchev–Trinajstić information content (AvgIpc) is 3.12. The van der Waals surface area contributed by atoms with Crippen LogP contribution in [-0.2, 0) is 4.79 Å². The minimum atomic E-state index is -0.997. The zero-order valence-corrected chi connectivity index (χ0v) is 12.6. The predicted molar refractivity (Wildman–Crippen MR) is 81.3 cm³/mol. The van der Waals surface area contributed by atoms with E-state index < -0.39 is 12.0 Å². The first-order valence-electron chi connectivity index (χ1n) is 6.97. The van der Waals surface area contributed by atoms with Gasteiger partial charge >= 0.3 is 5.97 Å². The molecule has 6 nitrogen and oxygen atoms in total. The molecule has 2 rings (SSSR count). The summed E-state index contributed by atoms with van der Waals surface area (Å²) in [5.74, 6) is -1.44. The fourth-order valence-corrected chi connectivity index (χ4v) is 1.67. The van der Waals surface area contributed by atoms with E-state index in [2.05, 4.69) is 14.7 Å². The van der Waals surface area contributed by atoms with Crippen molar-refractivity contribution in [1.29, 1.82) is 0 Å². The molecule has 2 N–H and O–H groups in total. The third-order valence-electron chi connectivity index (χ3n) is 3.15.